The number of thioether (sulfide) groups is 1. The average molecular weight is 293 g/mol. The minimum atomic E-state index is 0.00640. The lowest BCUT2D eigenvalue weighted by Gasteiger charge is -2.19. The summed E-state index contributed by atoms with van der Waals surface area (Å²) in [5.41, 5.74) is 8.09. The molecule has 0 spiro atoms. The van der Waals surface area contributed by atoms with Gasteiger partial charge in [-0.1, -0.05) is 0 Å². The van der Waals surface area contributed by atoms with Crippen molar-refractivity contribution in [3.05, 3.63) is 23.8 Å². The van der Waals surface area contributed by atoms with Crippen molar-refractivity contribution in [1.29, 1.82) is 0 Å². The molecule has 1 aromatic rings. The Morgan fingerprint density at radius 3 is 2.75 bits per heavy atom. The number of hydrogen-bond acceptors (Lipinski definition) is 4. The summed E-state index contributed by atoms with van der Waals surface area (Å²) in [6.07, 6.45) is 5.69. The van der Waals surface area contributed by atoms with Crippen LogP contribution in [0.15, 0.2) is 18.2 Å². The molecule has 1 aromatic carbocycles. The second-order valence-electron chi connectivity index (χ2n) is 5.52. The number of nitrogens with one attached hydrogen (secondary N) is 1. The zero-order valence-corrected chi connectivity index (χ0v) is 13.2. The molecule has 1 saturated carbocycles. The maximum atomic E-state index is 12.2. The molecule has 1 aliphatic carbocycles. The van der Waals surface area contributed by atoms with E-state index in [4.69, 9.17) is 5.73 Å². The molecule has 0 aromatic heterocycles. The van der Waals surface area contributed by atoms with E-state index in [0.29, 0.717) is 17.3 Å². The molecule has 110 valence electrons. The number of amides is 1. The highest BCUT2D eigenvalue weighted by Crippen LogP contribution is 2.31. The van der Waals surface area contributed by atoms with Gasteiger partial charge in [-0.2, -0.15) is 11.8 Å². The van der Waals surface area contributed by atoms with E-state index < -0.39 is 0 Å². The lowest BCUT2D eigenvalue weighted by atomic mass is 10.1. The Morgan fingerprint density at radius 2 is 2.15 bits per heavy atom. The van der Waals surface area contributed by atoms with Crippen molar-refractivity contribution >= 4 is 29.0 Å². The van der Waals surface area contributed by atoms with Gasteiger partial charge in [0, 0.05) is 36.8 Å². The average Bonchev–Trinajstić information content (AvgIpc) is 2.86. The van der Waals surface area contributed by atoms with Crippen LogP contribution in [0.3, 0.4) is 0 Å². The van der Waals surface area contributed by atoms with Crippen LogP contribution in [-0.4, -0.2) is 42.4 Å². The van der Waals surface area contributed by atoms with E-state index in [0.717, 1.165) is 23.8 Å². The van der Waals surface area contributed by atoms with Crippen LogP contribution in [0, 0.1) is 0 Å². The van der Waals surface area contributed by atoms with Gasteiger partial charge in [-0.3, -0.25) is 4.79 Å². The highest BCUT2D eigenvalue weighted by molar-refractivity contribution is 7.99. The smallest absolute Gasteiger partial charge is 0.255 e. The van der Waals surface area contributed by atoms with E-state index in [1.165, 1.54) is 6.42 Å². The minimum absolute atomic E-state index is 0.00640. The maximum Gasteiger partial charge on any atom is 0.255 e. The zero-order valence-electron chi connectivity index (χ0n) is 12.3. The topological polar surface area (TPSA) is 58.4 Å². The summed E-state index contributed by atoms with van der Waals surface area (Å²) in [7, 11) is 3.53. The molecule has 4 nitrogen and oxygen atoms in total. The molecule has 20 heavy (non-hydrogen) atoms. The van der Waals surface area contributed by atoms with Crippen molar-refractivity contribution in [2.45, 2.75) is 30.6 Å². The zero-order chi connectivity index (χ0) is 14.7. The van der Waals surface area contributed by atoms with Gasteiger partial charge >= 0.3 is 0 Å². The lowest BCUT2D eigenvalue weighted by Crippen LogP contribution is -2.25. The van der Waals surface area contributed by atoms with Crippen LogP contribution >= 0.6 is 11.8 Å². The fourth-order valence-corrected chi connectivity index (χ4v) is 3.41. The second-order valence-corrected chi connectivity index (χ2v) is 6.65. The molecule has 2 rings (SSSR count). The number of nitrogens with two attached hydrogens (primary N) is 1. The molecule has 0 saturated heterocycles. The molecule has 1 fully saturated rings. The van der Waals surface area contributed by atoms with Gasteiger partial charge in [-0.25, -0.2) is 0 Å². The fraction of sp³-hybridized carbons (Fsp3) is 0.533. The Bertz CT molecular complexity index is 490. The van der Waals surface area contributed by atoms with Crippen LogP contribution in [0.1, 0.15) is 29.6 Å². The standard InChI is InChI=1S/C15H23N3OS/c1-18(2)15(19)13-7-4-10(16)8-14(13)17-11-5-6-12(9-11)20-3/h4,7-8,11-12,17H,5-6,9,16H2,1-3H3. The number of rotatable bonds is 4. The number of nitrogen functional groups attached to an aromatic ring is 1. The van der Waals surface area contributed by atoms with E-state index in [-0.39, 0.29) is 5.91 Å². The predicted molar refractivity (Wildman–Crippen MR) is 87.4 cm³/mol. The number of carbonyl (C=O) groups excluding carboxylic acids is 1. The summed E-state index contributed by atoms with van der Waals surface area (Å²) < 4.78 is 0. The molecule has 5 heteroatoms. The van der Waals surface area contributed by atoms with Crippen molar-refractivity contribution < 1.29 is 4.79 Å². The molecule has 0 radical (unpaired) electrons. The third-order valence-electron chi connectivity index (χ3n) is 3.76. The van der Waals surface area contributed by atoms with Crippen LogP contribution in [-0.2, 0) is 0 Å². The summed E-state index contributed by atoms with van der Waals surface area (Å²) >= 11 is 1.93. The van der Waals surface area contributed by atoms with Gasteiger partial charge in [0.05, 0.1) is 5.56 Å². The number of nitrogens with zero attached hydrogens (tertiary/aromatic N) is 1. The van der Waals surface area contributed by atoms with Gasteiger partial charge in [0.2, 0.25) is 0 Å². The van der Waals surface area contributed by atoms with Crippen molar-refractivity contribution in [2.75, 3.05) is 31.4 Å². The third-order valence-corrected chi connectivity index (χ3v) is 4.85. The summed E-state index contributed by atoms with van der Waals surface area (Å²) in [4.78, 5) is 13.8. The SMILES string of the molecule is CSC1CCC(Nc2cc(N)ccc2C(=O)N(C)C)C1. The van der Waals surface area contributed by atoms with Gasteiger partial charge < -0.3 is 16.0 Å². The lowest BCUT2D eigenvalue weighted by molar-refractivity contribution is 0.0828. The summed E-state index contributed by atoms with van der Waals surface area (Å²) in [5.74, 6) is 0.00640. The Balaban J connectivity index is 2.18. The van der Waals surface area contributed by atoms with Crippen molar-refractivity contribution in [3.8, 4) is 0 Å². The van der Waals surface area contributed by atoms with Crippen LogP contribution in [0.5, 0.6) is 0 Å². The molecule has 1 aliphatic rings. The third kappa shape index (κ3) is 3.39. The molecule has 2 unspecified atom stereocenters. The van der Waals surface area contributed by atoms with E-state index in [2.05, 4.69) is 11.6 Å². The first kappa shape index (κ1) is 15.0. The van der Waals surface area contributed by atoms with Gasteiger partial charge in [-0.15, -0.1) is 0 Å². The molecule has 0 bridgehead atoms. The van der Waals surface area contributed by atoms with E-state index in [9.17, 15) is 4.79 Å². The van der Waals surface area contributed by atoms with Gasteiger partial charge in [-0.05, 0) is 43.7 Å². The molecular weight excluding hydrogens is 270 g/mol. The molecule has 3 N–H and O–H groups in total. The number of hydrogen-bond donors (Lipinski definition) is 2. The summed E-state index contributed by atoms with van der Waals surface area (Å²) in [6.45, 7) is 0. The molecule has 1 amide bonds. The highest BCUT2D eigenvalue weighted by atomic mass is 32.2. The van der Waals surface area contributed by atoms with Gasteiger partial charge in [0.25, 0.3) is 5.91 Å². The molecule has 2 atom stereocenters. The van der Waals surface area contributed by atoms with Gasteiger partial charge in [0.1, 0.15) is 0 Å². The predicted octanol–water partition coefficient (Wildman–Crippen LogP) is 2.67. The van der Waals surface area contributed by atoms with Crippen molar-refractivity contribution in [2.24, 2.45) is 0 Å². The van der Waals surface area contributed by atoms with Crippen LogP contribution in [0.25, 0.3) is 0 Å². The fourth-order valence-electron chi connectivity index (χ4n) is 2.61. The first-order valence-electron chi connectivity index (χ1n) is 6.91. The monoisotopic (exact) mass is 293 g/mol. The van der Waals surface area contributed by atoms with Crippen molar-refractivity contribution in [1.82, 2.24) is 4.90 Å². The Hall–Kier alpha value is -1.36. The van der Waals surface area contributed by atoms with Gasteiger partial charge in [0.15, 0.2) is 0 Å². The Labute approximate surface area is 125 Å². The van der Waals surface area contributed by atoms with Crippen LogP contribution < -0.4 is 11.1 Å². The Morgan fingerprint density at radius 1 is 1.40 bits per heavy atom. The maximum absolute atomic E-state index is 12.2. The Kier molecular flexibility index (Phi) is 4.81. The first-order chi connectivity index (χ1) is 9.51. The number of carbonyl (C=O) groups is 1. The largest absolute Gasteiger partial charge is 0.399 e. The van der Waals surface area contributed by atoms with E-state index >= 15 is 0 Å². The highest BCUT2D eigenvalue weighted by Gasteiger charge is 2.25. The number of anilines is 2. The summed E-state index contributed by atoms with van der Waals surface area (Å²) in [5, 5.41) is 4.23. The normalized spacial score (nSPS) is 21.8. The molecule has 0 aliphatic heterocycles. The van der Waals surface area contributed by atoms with Crippen molar-refractivity contribution in [3.63, 3.8) is 0 Å². The minimum Gasteiger partial charge on any atom is -0.399 e. The molecule has 0 heterocycles. The van der Waals surface area contributed by atoms with E-state index in [1.807, 2.05) is 17.8 Å². The first-order valence-corrected chi connectivity index (χ1v) is 8.20. The second kappa shape index (κ2) is 6.39. The quantitative estimate of drug-likeness (QED) is 0.838. The summed E-state index contributed by atoms with van der Waals surface area (Å²) in [6, 6.07) is 5.88. The molecular formula is C15H23N3OS. The van der Waals surface area contributed by atoms with Crippen LogP contribution in [0.4, 0.5) is 11.4 Å². The number of benzene rings is 1. The van der Waals surface area contributed by atoms with E-state index in [1.54, 1.807) is 31.1 Å². The van der Waals surface area contributed by atoms with Crippen LogP contribution in [0.2, 0.25) is 0 Å².